The quantitative estimate of drug-likeness (QED) is 0.521. The van der Waals surface area contributed by atoms with Crippen molar-refractivity contribution in [3.05, 3.63) is 11.9 Å². The number of nitrogens with two attached hydrogens (primary N) is 1. The van der Waals surface area contributed by atoms with Crippen LogP contribution in [0.4, 0.5) is 5.95 Å². The van der Waals surface area contributed by atoms with Gasteiger partial charge in [0.2, 0.25) is 5.95 Å². The van der Waals surface area contributed by atoms with E-state index >= 15 is 0 Å². The second-order valence-electron chi connectivity index (χ2n) is 1.71. The normalized spacial score (nSPS) is 8.89. The molecule has 0 saturated heterocycles. The van der Waals surface area contributed by atoms with Crippen molar-refractivity contribution >= 4 is 5.95 Å². The molecule has 9 heavy (non-hydrogen) atoms. The number of rotatable bonds is 0. The van der Waals surface area contributed by atoms with Crippen LogP contribution < -0.4 is 5.73 Å². The SMILES string of the molecule is Cn1cc(C#N)nc1N. The van der Waals surface area contributed by atoms with Crippen molar-refractivity contribution in [1.82, 2.24) is 9.55 Å². The zero-order valence-electron chi connectivity index (χ0n) is 5.00. The van der Waals surface area contributed by atoms with Crippen molar-refractivity contribution in [3.8, 4) is 6.07 Å². The molecule has 0 amide bonds. The lowest BCUT2D eigenvalue weighted by atomic mass is 10.5. The Morgan fingerprint density at radius 1 is 1.89 bits per heavy atom. The molecule has 1 heterocycles. The summed E-state index contributed by atoms with van der Waals surface area (Å²) >= 11 is 0. The second-order valence-corrected chi connectivity index (χ2v) is 1.71. The lowest BCUT2D eigenvalue weighted by molar-refractivity contribution is 0.930. The van der Waals surface area contributed by atoms with Gasteiger partial charge in [0.1, 0.15) is 6.07 Å². The fraction of sp³-hybridized carbons (Fsp3) is 0.200. The van der Waals surface area contributed by atoms with E-state index in [4.69, 9.17) is 11.0 Å². The number of nitriles is 1. The van der Waals surface area contributed by atoms with E-state index in [1.54, 1.807) is 17.8 Å². The maximum Gasteiger partial charge on any atom is 0.201 e. The van der Waals surface area contributed by atoms with Gasteiger partial charge < -0.3 is 10.3 Å². The maximum absolute atomic E-state index is 8.29. The third kappa shape index (κ3) is 0.842. The van der Waals surface area contributed by atoms with Crippen LogP contribution in [0, 0.1) is 11.3 Å². The molecule has 0 fully saturated rings. The first kappa shape index (κ1) is 5.63. The van der Waals surface area contributed by atoms with Gasteiger partial charge >= 0.3 is 0 Å². The molecule has 0 aliphatic carbocycles. The molecular weight excluding hydrogens is 116 g/mol. The summed E-state index contributed by atoms with van der Waals surface area (Å²) in [6, 6.07) is 1.88. The molecule has 4 heteroatoms. The number of anilines is 1. The van der Waals surface area contributed by atoms with Crippen LogP contribution in [-0.2, 0) is 7.05 Å². The molecule has 0 aromatic carbocycles. The van der Waals surface area contributed by atoms with E-state index < -0.39 is 0 Å². The van der Waals surface area contributed by atoms with Gasteiger partial charge in [0, 0.05) is 13.2 Å². The van der Waals surface area contributed by atoms with Crippen molar-refractivity contribution in [1.29, 1.82) is 5.26 Å². The van der Waals surface area contributed by atoms with E-state index in [0.717, 1.165) is 0 Å². The highest BCUT2D eigenvalue weighted by Crippen LogP contribution is 1.99. The zero-order chi connectivity index (χ0) is 6.85. The molecule has 0 aliphatic rings. The predicted octanol–water partition coefficient (Wildman–Crippen LogP) is -0.126. The average Bonchev–Trinajstić information content (AvgIpc) is 2.13. The second kappa shape index (κ2) is 1.78. The van der Waals surface area contributed by atoms with Crippen molar-refractivity contribution in [3.63, 3.8) is 0 Å². The molecule has 1 rings (SSSR count). The zero-order valence-corrected chi connectivity index (χ0v) is 5.00. The summed E-state index contributed by atoms with van der Waals surface area (Å²) in [5.74, 6) is 0.367. The highest BCUT2D eigenvalue weighted by Gasteiger charge is 1.97. The summed E-state index contributed by atoms with van der Waals surface area (Å²) in [6.45, 7) is 0. The van der Waals surface area contributed by atoms with Gasteiger partial charge in [-0.25, -0.2) is 4.98 Å². The van der Waals surface area contributed by atoms with Crippen LogP contribution in [0.5, 0.6) is 0 Å². The number of aromatic nitrogens is 2. The fourth-order valence-corrected chi connectivity index (χ4v) is 0.535. The minimum absolute atomic E-state index is 0.356. The molecule has 46 valence electrons. The molecular formula is C5H6N4. The number of hydrogen-bond acceptors (Lipinski definition) is 3. The van der Waals surface area contributed by atoms with Crippen molar-refractivity contribution in [2.75, 3.05) is 5.73 Å². The summed E-state index contributed by atoms with van der Waals surface area (Å²) < 4.78 is 1.60. The topological polar surface area (TPSA) is 67.6 Å². The third-order valence-corrected chi connectivity index (χ3v) is 1.03. The van der Waals surface area contributed by atoms with Crippen molar-refractivity contribution in [2.45, 2.75) is 0 Å². The van der Waals surface area contributed by atoms with Gasteiger partial charge in [-0.15, -0.1) is 0 Å². The summed E-state index contributed by atoms with van der Waals surface area (Å²) in [5, 5.41) is 8.29. The number of nitrogens with zero attached hydrogens (tertiary/aromatic N) is 3. The number of imidazole rings is 1. The smallest absolute Gasteiger partial charge is 0.201 e. The first-order valence-electron chi connectivity index (χ1n) is 2.43. The average molecular weight is 122 g/mol. The van der Waals surface area contributed by atoms with Crippen LogP contribution in [0.2, 0.25) is 0 Å². The summed E-state index contributed by atoms with van der Waals surface area (Å²) in [7, 11) is 1.74. The third-order valence-electron chi connectivity index (χ3n) is 1.03. The highest BCUT2D eigenvalue weighted by molar-refractivity contribution is 5.28. The Labute approximate surface area is 52.5 Å². The molecule has 0 saturated carbocycles. The van der Waals surface area contributed by atoms with E-state index in [0.29, 0.717) is 11.6 Å². The van der Waals surface area contributed by atoms with Gasteiger partial charge in [0.05, 0.1) is 0 Å². The summed E-state index contributed by atoms with van der Waals surface area (Å²) in [4.78, 5) is 3.71. The number of aryl methyl sites for hydroxylation is 1. The molecule has 0 radical (unpaired) electrons. The molecule has 0 aliphatic heterocycles. The monoisotopic (exact) mass is 122 g/mol. The van der Waals surface area contributed by atoms with Gasteiger partial charge in [-0.2, -0.15) is 5.26 Å². The fourth-order valence-electron chi connectivity index (χ4n) is 0.535. The van der Waals surface area contributed by atoms with Gasteiger partial charge in [0.15, 0.2) is 5.69 Å². The first-order valence-corrected chi connectivity index (χ1v) is 2.43. The van der Waals surface area contributed by atoms with Crippen LogP contribution in [0.3, 0.4) is 0 Å². The highest BCUT2D eigenvalue weighted by atomic mass is 15.1. The number of hydrogen-bond donors (Lipinski definition) is 1. The molecule has 0 unspecified atom stereocenters. The molecule has 1 aromatic heterocycles. The van der Waals surface area contributed by atoms with E-state index in [2.05, 4.69) is 4.98 Å². The largest absolute Gasteiger partial charge is 0.369 e. The van der Waals surface area contributed by atoms with Crippen LogP contribution in [-0.4, -0.2) is 9.55 Å². The molecule has 2 N–H and O–H groups in total. The van der Waals surface area contributed by atoms with E-state index in [1.807, 2.05) is 6.07 Å². The molecule has 0 bridgehead atoms. The lowest BCUT2D eigenvalue weighted by Crippen LogP contribution is -1.94. The minimum Gasteiger partial charge on any atom is -0.369 e. The Morgan fingerprint density at radius 3 is 2.78 bits per heavy atom. The molecule has 4 nitrogen and oxygen atoms in total. The van der Waals surface area contributed by atoms with Gasteiger partial charge in [-0.1, -0.05) is 0 Å². The Bertz CT molecular complexity index is 235. The van der Waals surface area contributed by atoms with E-state index in [9.17, 15) is 0 Å². The Hall–Kier alpha value is -1.50. The van der Waals surface area contributed by atoms with Crippen molar-refractivity contribution < 1.29 is 0 Å². The van der Waals surface area contributed by atoms with Crippen LogP contribution in [0.15, 0.2) is 6.20 Å². The Morgan fingerprint density at radius 2 is 2.56 bits per heavy atom. The molecule has 0 atom stereocenters. The lowest BCUT2D eigenvalue weighted by Gasteiger charge is -1.87. The standard InChI is InChI=1S/C5H6N4/c1-9-3-4(2-6)8-5(9)7/h3H,1H3,(H2,7,8). The maximum atomic E-state index is 8.29. The first-order chi connectivity index (χ1) is 4.24. The number of nitrogen functional groups attached to an aromatic ring is 1. The van der Waals surface area contributed by atoms with Crippen LogP contribution >= 0.6 is 0 Å². The summed E-state index contributed by atoms with van der Waals surface area (Å²) in [5.41, 5.74) is 5.67. The van der Waals surface area contributed by atoms with E-state index in [-0.39, 0.29) is 0 Å². The van der Waals surface area contributed by atoms with Gasteiger partial charge in [-0.05, 0) is 0 Å². The van der Waals surface area contributed by atoms with Crippen LogP contribution in [0.1, 0.15) is 5.69 Å². The van der Waals surface area contributed by atoms with Gasteiger partial charge in [0.25, 0.3) is 0 Å². The Balaban J connectivity index is 3.16. The molecule has 0 spiro atoms. The van der Waals surface area contributed by atoms with Crippen molar-refractivity contribution in [2.24, 2.45) is 7.05 Å². The van der Waals surface area contributed by atoms with Gasteiger partial charge in [-0.3, -0.25) is 0 Å². The van der Waals surface area contributed by atoms with Crippen LogP contribution in [0.25, 0.3) is 0 Å². The Kier molecular flexibility index (Phi) is 1.12. The predicted molar refractivity (Wildman–Crippen MR) is 32.3 cm³/mol. The molecule has 1 aromatic rings. The summed E-state index contributed by atoms with van der Waals surface area (Å²) in [6.07, 6.45) is 1.58. The van der Waals surface area contributed by atoms with E-state index in [1.165, 1.54) is 0 Å². The minimum atomic E-state index is 0.356.